The average molecular weight is 636 g/mol. The normalized spacial score (nSPS) is 11.1. The molecule has 0 aliphatic heterocycles. The summed E-state index contributed by atoms with van der Waals surface area (Å²) in [6, 6.07) is 53.2. The summed E-state index contributed by atoms with van der Waals surface area (Å²) in [5, 5.41) is 13.9. The van der Waals surface area contributed by atoms with Crippen molar-refractivity contribution >= 4 is 55.0 Å². The molecule has 9 aromatic rings. The minimum atomic E-state index is 0.543. The fourth-order valence-corrected chi connectivity index (χ4v) is 7.48. The van der Waals surface area contributed by atoms with Crippen LogP contribution in [0.5, 0.6) is 0 Å². The third-order valence-corrected chi connectivity index (χ3v) is 9.61. The third kappa shape index (κ3) is 4.24. The fourth-order valence-electron chi connectivity index (χ4n) is 7.48. The van der Waals surface area contributed by atoms with Crippen LogP contribution < -0.4 is 0 Å². The number of nitriles is 1. The van der Waals surface area contributed by atoms with E-state index in [2.05, 4.69) is 97.7 Å². The summed E-state index contributed by atoms with van der Waals surface area (Å²) in [6.07, 6.45) is 0. The van der Waals surface area contributed by atoms with E-state index >= 15 is 0 Å². The molecular formula is C45H25N5. The van der Waals surface area contributed by atoms with Gasteiger partial charge in [0.2, 0.25) is 11.4 Å². The molecule has 2 aromatic heterocycles. The number of nitrogens with zero attached hydrogens (tertiary/aromatic N) is 5. The van der Waals surface area contributed by atoms with E-state index in [1.54, 1.807) is 0 Å². The van der Waals surface area contributed by atoms with Gasteiger partial charge in [0.15, 0.2) is 0 Å². The molecule has 0 unspecified atom stereocenters. The molecule has 0 radical (unpaired) electrons. The van der Waals surface area contributed by atoms with Crippen LogP contribution in [0.1, 0.15) is 5.56 Å². The molecule has 0 saturated heterocycles. The van der Waals surface area contributed by atoms with Gasteiger partial charge in [-0.1, -0.05) is 109 Å². The second-order valence-corrected chi connectivity index (χ2v) is 12.2. The number of rotatable bonds is 4. The van der Waals surface area contributed by atoms with Gasteiger partial charge in [-0.2, -0.15) is 5.26 Å². The summed E-state index contributed by atoms with van der Waals surface area (Å²) in [5.74, 6) is 0. The van der Waals surface area contributed by atoms with Crippen LogP contribution in [0.25, 0.3) is 86.9 Å². The highest BCUT2D eigenvalue weighted by atomic mass is 15.0. The van der Waals surface area contributed by atoms with Gasteiger partial charge in [-0.25, -0.2) is 9.69 Å². The number of hydrogen-bond acceptors (Lipinski definition) is 1. The van der Waals surface area contributed by atoms with Crippen LogP contribution >= 0.6 is 0 Å². The highest BCUT2D eigenvalue weighted by molar-refractivity contribution is 6.13. The van der Waals surface area contributed by atoms with Crippen molar-refractivity contribution in [3.8, 4) is 39.7 Å². The second kappa shape index (κ2) is 11.4. The van der Waals surface area contributed by atoms with Crippen molar-refractivity contribution in [3.63, 3.8) is 0 Å². The van der Waals surface area contributed by atoms with Crippen LogP contribution in [0.15, 0.2) is 152 Å². The Morgan fingerprint density at radius 2 is 1.06 bits per heavy atom. The summed E-state index contributed by atoms with van der Waals surface area (Å²) in [7, 11) is 0. The first-order chi connectivity index (χ1) is 24.7. The van der Waals surface area contributed by atoms with E-state index in [1.807, 2.05) is 78.9 Å². The Labute approximate surface area is 288 Å². The second-order valence-electron chi connectivity index (χ2n) is 12.2. The molecule has 0 aliphatic carbocycles. The van der Waals surface area contributed by atoms with Gasteiger partial charge in [0.05, 0.1) is 52.5 Å². The summed E-state index contributed by atoms with van der Waals surface area (Å²) < 4.78 is 4.36. The van der Waals surface area contributed by atoms with Gasteiger partial charge in [0, 0.05) is 21.8 Å². The Morgan fingerprint density at radius 3 is 1.80 bits per heavy atom. The topological polar surface area (TPSA) is 42.4 Å². The van der Waals surface area contributed by atoms with Crippen LogP contribution in [-0.4, -0.2) is 9.13 Å². The molecule has 9 rings (SSSR count). The first-order valence-corrected chi connectivity index (χ1v) is 16.2. The predicted octanol–water partition coefficient (Wildman–Crippen LogP) is 12.2. The molecule has 5 nitrogen and oxygen atoms in total. The highest BCUT2D eigenvalue weighted by Crippen LogP contribution is 2.44. The number of para-hydroxylation sites is 4. The van der Waals surface area contributed by atoms with E-state index in [9.17, 15) is 5.26 Å². The molecule has 5 heteroatoms. The summed E-state index contributed by atoms with van der Waals surface area (Å²) in [6.45, 7) is 16.1. The van der Waals surface area contributed by atoms with Gasteiger partial charge >= 0.3 is 0 Å². The molecule has 0 spiro atoms. The van der Waals surface area contributed by atoms with Gasteiger partial charge < -0.3 is 9.13 Å². The predicted molar refractivity (Wildman–Crippen MR) is 203 cm³/mol. The quantitative estimate of drug-likeness (QED) is 0.177. The van der Waals surface area contributed by atoms with Crippen molar-refractivity contribution in [1.29, 1.82) is 5.26 Å². The van der Waals surface area contributed by atoms with Crippen LogP contribution in [0.2, 0.25) is 0 Å². The van der Waals surface area contributed by atoms with E-state index in [-0.39, 0.29) is 0 Å². The Morgan fingerprint density at radius 1 is 0.480 bits per heavy atom. The molecule has 0 amide bonds. The van der Waals surface area contributed by atoms with E-state index in [1.165, 1.54) is 0 Å². The molecule has 230 valence electrons. The van der Waals surface area contributed by atoms with Crippen LogP contribution in [-0.2, 0) is 0 Å². The van der Waals surface area contributed by atoms with Gasteiger partial charge in [0.1, 0.15) is 0 Å². The van der Waals surface area contributed by atoms with Gasteiger partial charge in [-0.05, 0) is 70.1 Å². The van der Waals surface area contributed by atoms with Crippen molar-refractivity contribution in [2.75, 3.05) is 0 Å². The third-order valence-electron chi connectivity index (χ3n) is 9.61. The van der Waals surface area contributed by atoms with Gasteiger partial charge in [-0.3, -0.25) is 0 Å². The lowest BCUT2D eigenvalue weighted by Crippen LogP contribution is -1.99. The Kier molecular flexibility index (Phi) is 6.56. The van der Waals surface area contributed by atoms with E-state index < -0.39 is 0 Å². The molecule has 0 aliphatic rings. The number of hydrogen-bond donors (Lipinski definition) is 0. The van der Waals surface area contributed by atoms with Gasteiger partial charge in [0.25, 0.3) is 0 Å². The smallest absolute Gasteiger partial charge is 0.211 e. The van der Waals surface area contributed by atoms with Gasteiger partial charge in [-0.15, -0.1) is 0 Å². The summed E-state index contributed by atoms with van der Waals surface area (Å²) in [5.41, 5.74) is 11.4. The maximum atomic E-state index is 9.68. The SMILES string of the molecule is [C-]#[N+]c1cccc(-c2ccccc2-c2ccc(-n3c4ccccc4c4cccc([N+]#[C-])c43)cc2)c1-n1c2ccccc2c2cc(C#N)ccc21. The van der Waals surface area contributed by atoms with Crippen molar-refractivity contribution in [3.05, 3.63) is 180 Å². The zero-order valence-electron chi connectivity index (χ0n) is 26.7. The first-order valence-electron chi connectivity index (χ1n) is 16.2. The van der Waals surface area contributed by atoms with E-state index in [0.717, 1.165) is 77.2 Å². The minimum Gasteiger partial charge on any atom is -0.319 e. The number of aromatic nitrogens is 2. The van der Waals surface area contributed by atoms with Crippen molar-refractivity contribution in [2.24, 2.45) is 0 Å². The molecule has 0 atom stereocenters. The maximum absolute atomic E-state index is 9.68. The molecule has 0 N–H and O–H groups in total. The summed E-state index contributed by atoms with van der Waals surface area (Å²) >= 11 is 0. The molecule has 0 saturated carbocycles. The molecular weight excluding hydrogens is 611 g/mol. The van der Waals surface area contributed by atoms with Crippen molar-refractivity contribution in [2.45, 2.75) is 0 Å². The zero-order chi connectivity index (χ0) is 33.8. The lowest BCUT2D eigenvalue weighted by atomic mass is 9.93. The van der Waals surface area contributed by atoms with Crippen LogP contribution in [0, 0.1) is 24.5 Å². The Bertz CT molecular complexity index is 2960. The lowest BCUT2D eigenvalue weighted by molar-refractivity contribution is 1.18. The van der Waals surface area contributed by atoms with Crippen LogP contribution in [0.3, 0.4) is 0 Å². The monoisotopic (exact) mass is 635 g/mol. The zero-order valence-corrected chi connectivity index (χ0v) is 26.7. The number of benzene rings is 7. The van der Waals surface area contributed by atoms with E-state index in [0.29, 0.717) is 16.9 Å². The van der Waals surface area contributed by atoms with Crippen LogP contribution in [0.4, 0.5) is 11.4 Å². The maximum Gasteiger partial charge on any atom is 0.211 e. The largest absolute Gasteiger partial charge is 0.319 e. The fraction of sp³-hybridized carbons (Fsp3) is 0. The molecule has 7 aromatic carbocycles. The van der Waals surface area contributed by atoms with Crippen molar-refractivity contribution in [1.82, 2.24) is 9.13 Å². The Hall–Kier alpha value is -7.39. The highest BCUT2D eigenvalue weighted by Gasteiger charge is 2.21. The average Bonchev–Trinajstić information content (AvgIpc) is 3.70. The van der Waals surface area contributed by atoms with Crippen molar-refractivity contribution < 1.29 is 0 Å². The summed E-state index contributed by atoms with van der Waals surface area (Å²) in [4.78, 5) is 7.89. The first kappa shape index (κ1) is 28.8. The minimum absolute atomic E-state index is 0.543. The number of fused-ring (bicyclic) bond motifs is 6. The Balaban J connectivity index is 1.25. The molecule has 50 heavy (non-hydrogen) atoms. The molecule has 2 heterocycles. The lowest BCUT2D eigenvalue weighted by Gasteiger charge is -2.19. The molecule has 0 fully saturated rings. The standard InChI is InChI=1S/C45H25N5/c1-47-39-17-10-16-37-34-13-5-7-19-41(34)49(44(37)39)31-24-22-30(23-25-31)32-11-3-4-12-33(32)36-15-9-18-40(48-2)45(36)50-42-20-8-6-14-35(42)38-27-29(28-46)21-26-43(38)50/h3-27H. The van der Waals surface area contributed by atoms with E-state index in [4.69, 9.17) is 13.1 Å². The molecule has 0 bridgehead atoms.